The summed E-state index contributed by atoms with van der Waals surface area (Å²) in [6, 6.07) is 9.46. The smallest absolute Gasteiger partial charge is 0.303 e. The lowest BCUT2D eigenvalue weighted by molar-refractivity contribution is -0.138. The Balaban J connectivity index is 2.32. The van der Waals surface area contributed by atoms with Crippen LogP contribution < -0.4 is 18.9 Å². The maximum atomic E-state index is 11.2. The quantitative estimate of drug-likeness (QED) is 0.845. The molecule has 138 valence electrons. The molecule has 6 heteroatoms. The van der Waals surface area contributed by atoms with Crippen molar-refractivity contribution in [1.29, 1.82) is 0 Å². The minimum absolute atomic E-state index is 0.0191. The van der Waals surface area contributed by atoms with Crippen LogP contribution in [0, 0.1) is 0 Å². The normalized spacial score (nSPS) is 17.5. The molecular weight excluding hydrogens is 336 g/mol. The van der Waals surface area contributed by atoms with Crippen molar-refractivity contribution < 1.29 is 28.8 Å². The van der Waals surface area contributed by atoms with Crippen LogP contribution in [0.25, 0.3) is 11.1 Å². The molecule has 26 heavy (non-hydrogen) atoms. The van der Waals surface area contributed by atoms with E-state index in [0.29, 0.717) is 29.4 Å². The second-order valence-electron chi connectivity index (χ2n) is 6.29. The highest BCUT2D eigenvalue weighted by atomic mass is 16.5. The van der Waals surface area contributed by atoms with E-state index >= 15 is 0 Å². The second-order valence-corrected chi connectivity index (χ2v) is 6.29. The monoisotopic (exact) mass is 358 g/mol. The van der Waals surface area contributed by atoms with E-state index in [1.807, 2.05) is 37.3 Å². The Labute approximate surface area is 152 Å². The lowest BCUT2D eigenvalue weighted by Gasteiger charge is -2.38. The van der Waals surface area contributed by atoms with Crippen molar-refractivity contribution in [2.24, 2.45) is 0 Å². The molecule has 0 fully saturated rings. The standard InChI is InChI=1S/C20H22O6/c1-20(10-9-16(21)22)13-11-15(23-2)18(24-3)19(25-4)17(13)12-7-5-6-8-14(12)26-20/h5-8,11H,9-10H2,1-4H3,(H,21,22). The van der Waals surface area contributed by atoms with Gasteiger partial charge in [-0.1, -0.05) is 18.2 Å². The summed E-state index contributed by atoms with van der Waals surface area (Å²) in [4.78, 5) is 11.2. The fourth-order valence-electron chi connectivity index (χ4n) is 3.43. The number of hydrogen-bond acceptors (Lipinski definition) is 5. The molecule has 0 aromatic heterocycles. The van der Waals surface area contributed by atoms with E-state index in [1.165, 1.54) is 0 Å². The molecule has 2 aromatic carbocycles. The molecule has 0 radical (unpaired) electrons. The molecule has 0 spiro atoms. The van der Waals surface area contributed by atoms with Crippen LogP contribution in [0.4, 0.5) is 0 Å². The van der Waals surface area contributed by atoms with E-state index < -0.39 is 11.6 Å². The minimum atomic E-state index is -0.873. The van der Waals surface area contributed by atoms with Gasteiger partial charge in [0.2, 0.25) is 5.75 Å². The van der Waals surface area contributed by atoms with Gasteiger partial charge in [-0.3, -0.25) is 4.79 Å². The van der Waals surface area contributed by atoms with Crippen LogP contribution >= 0.6 is 0 Å². The number of carboxylic acid groups (broad SMARTS) is 1. The Bertz CT molecular complexity index is 844. The molecule has 0 saturated heterocycles. The summed E-state index contributed by atoms with van der Waals surface area (Å²) >= 11 is 0. The van der Waals surface area contributed by atoms with Crippen molar-refractivity contribution in [2.45, 2.75) is 25.4 Å². The van der Waals surface area contributed by atoms with Crippen LogP contribution in [0.5, 0.6) is 23.0 Å². The van der Waals surface area contributed by atoms with Crippen LogP contribution in [-0.2, 0) is 10.4 Å². The van der Waals surface area contributed by atoms with Gasteiger partial charge in [-0.15, -0.1) is 0 Å². The third-order valence-electron chi connectivity index (χ3n) is 4.71. The highest BCUT2D eigenvalue weighted by Gasteiger charge is 2.40. The van der Waals surface area contributed by atoms with E-state index in [9.17, 15) is 4.79 Å². The molecule has 0 bridgehead atoms. The number of carboxylic acids is 1. The Hall–Kier alpha value is -2.89. The van der Waals surface area contributed by atoms with Gasteiger partial charge < -0.3 is 24.1 Å². The first-order chi connectivity index (χ1) is 12.4. The number of benzene rings is 2. The van der Waals surface area contributed by atoms with E-state index in [0.717, 1.165) is 16.7 Å². The molecule has 0 saturated carbocycles. The molecule has 1 aliphatic heterocycles. The Morgan fingerprint density at radius 2 is 1.81 bits per heavy atom. The average molecular weight is 358 g/mol. The Morgan fingerprint density at radius 1 is 1.12 bits per heavy atom. The van der Waals surface area contributed by atoms with Crippen molar-refractivity contribution >= 4 is 5.97 Å². The maximum absolute atomic E-state index is 11.2. The Morgan fingerprint density at radius 3 is 2.42 bits per heavy atom. The molecule has 1 unspecified atom stereocenters. The summed E-state index contributed by atoms with van der Waals surface area (Å²) in [5.74, 6) is 1.35. The maximum Gasteiger partial charge on any atom is 0.303 e. The summed E-state index contributed by atoms with van der Waals surface area (Å²) in [6.45, 7) is 1.88. The summed E-state index contributed by atoms with van der Waals surface area (Å²) in [5.41, 5.74) is 1.68. The summed E-state index contributed by atoms with van der Waals surface area (Å²) in [7, 11) is 4.68. The van der Waals surface area contributed by atoms with E-state index in [2.05, 4.69) is 0 Å². The number of methoxy groups -OCH3 is 3. The van der Waals surface area contributed by atoms with Gasteiger partial charge in [0, 0.05) is 29.5 Å². The molecule has 3 rings (SSSR count). The van der Waals surface area contributed by atoms with Gasteiger partial charge in [0.1, 0.15) is 11.4 Å². The zero-order chi connectivity index (χ0) is 18.9. The van der Waals surface area contributed by atoms with Crippen LogP contribution in [0.1, 0.15) is 25.3 Å². The molecule has 1 heterocycles. The minimum Gasteiger partial charge on any atom is -0.493 e. The van der Waals surface area contributed by atoms with Gasteiger partial charge in [0.25, 0.3) is 0 Å². The number of para-hydroxylation sites is 1. The van der Waals surface area contributed by atoms with Gasteiger partial charge in [-0.2, -0.15) is 0 Å². The first-order valence-corrected chi connectivity index (χ1v) is 8.28. The van der Waals surface area contributed by atoms with Crippen LogP contribution in [0.3, 0.4) is 0 Å². The van der Waals surface area contributed by atoms with Crippen molar-refractivity contribution in [1.82, 2.24) is 0 Å². The molecule has 0 aliphatic carbocycles. The molecule has 2 aromatic rings. The van der Waals surface area contributed by atoms with Crippen molar-refractivity contribution in [3.05, 3.63) is 35.9 Å². The van der Waals surface area contributed by atoms with Gasteiger partial charge in [0.15, 0.2) is 11.5 Å². The second kappa shape index (κ2) is 6.78. The number of aliphatic carboxylic acids is 1. The van der Waals surface area contributed by atoms with Gasteiger partial charge in [0.05, 0.1) is 21.3 Å². The average Bonchev–Trinajstić information content (AvgIpc) is 2.64. The molecule has 1 aliphatic rings. The largest absolute Gasteiger partial charge is 0.493 e. The fourth-order valence-corrected chi connectivity index (χ4v) is 3.43. The first kappa shape index (κ1) is 17.9. The van der Waals surface area contributed by atoms with Gasteiger partial charge >= 0.3 is 5.97 Å². The fraction of sp³-hybridized carbons (Fsp3) is 0.350. The summed E-state index contributed by atoms with van der Waals surface area (Å²) < 4.78 is 22.9. The highest BCUT2D eigenvalue weighted by Crippen LogP contribution is 2.55. The lowest BCUT2D eigenvalue weighted by Crippen LogP contribution is -2.34. The Kier molecular flexibility index (Phi) is 4.68. The lowest BCUT2D eigenvalue weighted by atomic mass is 9.81. The van der Waals surface area contributed by atoms with Crippen molar-refractivity contribution in [3.63, 3.8) is 0 Å². The molecule has 1 atom stereocenters. The first-order valence-electron chi connectivity index (χ1n) is 8.28. The third kappa shape index (κ3) is 2.81. The number of hydrogen-bond donors (Lipinski definition) is 1. The number of ether oxygens (including phenoxy) is 4. The third-order valence-corrected chi connectivity index (χ3v) is 4.71. The van der Waals surface area contributed by atoms with E-state index in [1.54, 1.807) is 21.3 Å². The topological polar surface area (TPSA) is 74.2 Å². The van der Waals surface area contributed by atoms with Crippen LogP contribution in [0.2, 0.25) is 0 Å². The van der Waals surface area contributed by atoms with Gasteiger partial charge in [-0.25, -0.2) is 0 Å². The molecule has 1 N–H and O–H groups in total. The van der Waals surface area contributed by atoms with Crippen LogP contribution in [0.15, 0.2) is 30.3 Å². The predicted molar refractivity (Wildman–Crippen MR) is 96.4 cm³/mol. The number of fused-ring (bicyclic) bond motifs is 3. The van der Waals surface area contributed by atoms with Crippen molar-refractivity contribution in [2.75, 3.05) is 21.3 Å². The number of carbonyl (C=O) groups is 1. The van der Waals surface area contributed by atoms with Crippen LogP contribution in [-0.4, -0.2) is 32.4 Å². The molecule has 6 nitrogen and oxygen atoms in total. The summed E-state index contributed by atoms with van der Waals surface area (Å²) in [5, 5.41) is 9.16. The number of rotatable bonds is 6. The summed E-state index contributed by atoms with van der Waals surface area (Å²) in [6.07, 6.45) is 0.289. The predicted octanol–water partition coefficient (Wildman–Crippen LogP) is 3.85. The molecular formula is C20H22O6. The zero-order valence-electron chi connectivity index (χ0n) is 15.3. The van der Waals surface area contributed by atoms with Gasteiger partial charge in [-0.05, 0) is 19.1 Å². The highest BCUT2D eigenvalue weighted by molar-refractivity contribution is 5.85. The van der Waals surface area contributed by atoms with E-state index in [4.69, 9.17) is 24.1 Å². The zero-order valence-corrected chi connectivity index (χ0v) is 15.3. The SMILES string of the molecule is COc1cc2c(c(OC)c1OC)-c1ccccc1OC2(C)CCC(=O)O. The van der Waals surface area contributed by atoms with Crippen molar-refractivity contribution in [3.8, 4) is 34.1 Å². The molecule has 0 amide bonds. The van der Waals surface area contributed by atoms with E-state index in [-0.39, 0.29) is 6.42 Å².